The highest BCUT2D eigenvalue weighted by atomic mass is 32.2. The maximum Gasteiger partial charge on any atom is 0.225 e. The SMILES string of the molecule is CCN(C(=O)CCOC1CCNCC1)C1CCS(=O)(=O)C1. The summed E-state index contributed by atoms with van der Waals surface area (Å²) in [5.74, 6) is 0.322. The number of sulfone groups is 1. The largest absolute Gasteiger partial charge is 0.378 e. The van der Waals surface area contributed by atoms with Crippen LogP contribution in [-0.2, 0) is 19.4 Å². The molecule has 21 heavy (non-hydrogen) atoms. The molecule has 0 spiro atoms. The van der Waals surface area contributed by atoms with E-state index in [4.69, 9.17) is 4.74 Å². The summed E-state index contributed by atoms with van der Waals surface area (Å²) in [5.41, 5.74) is 0. The lowest BCUT2D eigenvalue weighted by Crippen LogP contribution is -2.41. The quantitative estimate of drug-likeness (QED) is 0.756. The Balaban J connectivity index is 1.75. The molecule has 2 aliphatic rings. The van der Waals surface area contributed by atoms with Crippen LogP contribution in [0, 0.1) is 0 Å². The smallest absolute Gasteiger partial charge is 0.225 e. The summed E-state index contributed by atoms with van der Waals surface area (Å²) in [6.45, 7) is 4.83. The molecule has 2 fully saturated rings. The van der Waals surface area contributed by atoms with Crippen molar-refractivity contribution in [3.8, 4) is 0 Å². The number of nitrogens with zero attached hydrogens (tertiary/aromatic N) is 1. The zero-order valence-electron chi connectivity index (χ0n) is 12.7. The van der Waals surface area contributed by atoms with Crippen molar-refractivity contribution in [3.05, 3.63) is 0 Å². The number of rotatable bonds is 6. The number of amides is 1. The van der Waals surface area contributed by atoms with Gasteiger partial charge in [-0.2, -0.15) is 0 Å². The molecule has 1 N–H and O–H groups in total. The van der Waals surface area contributed by atoms with Crippen LogP contribution in [0.15, 0.2) is 0 Å². The molecule has 0 bridgehead atoms. The molecule has 0 aliphatic carbocycles. The monoisotopic (exact) mass is 318 g/mol. The number of ether oxygens (including phenoxy) is 1. The predicted octanol–water partition coefficient (Wildman–Crippen LogP) is 0.181. The van der Waals surface area contributed by atoms with Crippen LogP contribution in [0.5, 0.6) is 0 Å². The van der Waals surface area contributed by atoms with Gasteiger partial charge in [0.1, 0.15) is 0 Å². The highest BCUT2D eigenvalue weighted by Crippen LogP contribution is 2.18. The molecule has 2 saturated heterocycles. The van der Waals surface area contributed by atoms with Crippen molar-refractivity contribution < 1.29 is 17.9 Å². The molecular weight excluding hydrogens is 292 g/mol. The fraction of sp³-hybridized carbons (Fsp3) is 0.929. The summed E-state index contributed by atoms with van der Waals surface area (Å²) in [4.78, 5) is 14.0. The lowest BCUT2D eigenvalue weighted by molar-refractivity contribution is -0.134. The zero-order chi connectivity index (χ0) is 15.3. The van der Waals surface area contributed by atoms with Gasteiger partial charge in [-0.25, -0.2) is 8.42 Å². The first-order valence-corrected chi connectivity index (χ1v) is 9.66. The van der Waals surface area contributed by atoms with Crippen LogP contribution in [0.2, 0.25) is 0 Å². The van der Waals surface area contributed by atoms with Crippen LogP contribution in [0.4, 0.5) is 0 Å². The first kappa shape index (κ1) is 16.7. The third kappa shape index (κ3) is 4.93. The van der Waals surface area contributed by atoms with Crippen LogP contribution >= 0.6 is 0 Å². The fourth-order valence-electron chi connectivity index (χ4n) is 3.08. The number of nitrogens with one attached hydrogen (secondary N) is 1. The first-order valence-electron chi connectivity index (χ1n) is 7.84. The molecule has 0 aromatic carbocycles. The van der Waals surface area contributed by atoms with Crippen LogP contribution in [0.3, 0.4) is 0 Å². The Morgan fingerprint density at radius 1 is 1.29 bits per heavy atom. The minimum absolute atomic E-state index is 0.00790. The first-order chi connectivity index (χ1) is 10.0. The molecule has 122 valence electrons. The second kappa shape index (κ2) is 7.56. The molecule has 6 nitrogen and oxygen atoms in total. The molecule has 2 heterocycles. The van der Waals surface area contributed by atoms with Gasteiger partial charge in [-0.05, 0) is 39.3 Å². The van der Waals surface area contributed by atoms with Crippen molar-refractivity contribution in [1.82, 2.24) is 10.2 Å². The zero-order valence-corrected chi connectivity index (χ0v) is 13.5. The Kier molecular flexibility index (Phi) is 6.01. The summed E-state index contributed by atoms with van der Waals surface area (Å²) in [7, 11) is -2.95. The van der Waals surface area contributed by atoms with Gasteiger partial charge >= 0.3 is 0 Å². The molecule has 2 aliphatic heterocycles. The highest BCUT2D eigenvalue weighted by molar-refractivity contribution is 7.91. The van der Waals surface area contributed by atoms with Crippen molar-refractivity contribution in [2.75, 3.05) is 37.7 Å². The lowest BCUT2D eigenvalue weighted by Gasteiger charge is -2.28. The van der Waals surface area contributed by atoms with E-state index in [0.717, 1.165) is 25.9 Å². The van der Waals surface area contributed by atoms with Crippen molar-refractivity contribution in [2.24, 2.45) is 0 Å². The Labute approximate surface area is 127 Å². The minimum atomic E-state index is -2.95. The highest BCUT2D eigenvalue weighted by Gasteiger charge is 2.33. The van der Waals surface area contributed by atoms with Crippen LogP contribution in [-0.4, -0.2) is 69.1 Å². The van der Waals surface area contributed by atoms with Gasteiger partial charge in [0.25, 0.3) is 0 Å². The number of hydrogen-bond donors (Lipinski definition) is 1. The third-order valence-electron chi connectivity index (χ3n) is 4.27. The molecule has 1 unspecified atom stereocenters. The number of carbonyl (C=O) groups excluding carboxylic acids is 1. The van der Waals surface area contributed by atoms with E-state index in [0.29, 0.717) is 26.0 Å². The van der Waals surface area contributed by atoms with E-state index >= 15 is 0 Å². The van der Waals surface area contributed by atoms with E-state index in [9.17, 15) is 13.2 Å². The topological polar surface area (TPSA) is 75.7 Å². The standard InChI is InChI=1S/C14H26N2O4S/c1-2-16(12-6-10-21(18,19)11-12)14(17)5-9-20-13-3-7-15-8-4-13/h12-13,15H,2-11H2,1H3. The van der Waals surface area contributed by atoms with E-state index in [-0.39, 0.29) is 29.6 Å². The summed E-state index contributed by atoms with van der Waals surface area (Å²) < 4.78 is 28.8. The lowest BCUT2D eigenvalue weighted by atomic mass is 10.1. The van der Waals surface area contributed by atoms with Gasteiger partial charge in [-0.1, -0.05) is 0 Å². The Hall–Kier alpha value is -0.660. The minimum Gasteiger partial charge on any atom is -0.378 e. The average Bonchev–Trinajstić information content (AvgIpc) is 2.81. The second-order valence-electron chi connectivity index (χ2n) is 5.81. The van der Waals surface area contributed by atoms with Gasteiger partial charge in [0.05, 0.1) is 30.6 Å². The Bertz CT molecular complexity index is 446. The van der Waals surface area contributed by atoms with E-state index in [1.807, 2.05) is 6.92 Å². The van der Waals surface area contributed by atoms with E-state index in [2.05, 4.69) is 5.32 Å². The fourth-order valence-corrected chi connectivity index (χ4v) is 4.81. The van der Waals surface area contributed by atoms with Crippen LogP contribution in [0.1, 0.15) is 32.6 Å². The van der Waals surface area contributed by atoms with Crippen LogP contribution < -0.4 is 5.32 Å². The summed E-state index contributed by atoms with van der Waals surface area (Å²) in [6, 6.07) is -0.147. The van der Waals surface area contributed by atoms with Crippen molar-refractivity contribution >= 4 is 15.7 Å². The molecule has 0 aromatic rings. The molecular formula is C14H26N2O4S. The molecule has 1 atom stereocenters. The average molecular weight is 318 g/mol. The number of carbonyl (C=O) groups is 1. The van der Waals surface area contributed by atoms with Crippen molar-refractivity contribution in [1.29, 1.82) is 0 Å². The maximum atomic E-state index is 12.3. The van der Waals surface area contributed by atoms with Gasteiger partial charge in [0.15, 0.2) is 9.84 Å². The molecule has 2 rings (SSSR count). The predicted molar refractivity (Wildman–Crippen MR) is 80.9 cm³/mol. The van der Waals surface area contributed by atoms with Crippen LogP contribution in [0.25, 0.3) is 0 Å². The van der Waals surface area contributed by atoms with E-state index in [1.165, 1.54) is 0 Å². The third-order valence-corrected chi connectivity index (χ3v) is 6.02. The molecule has 1 amide bonds. The summed E-state index contributed by atoms with van der Waals surface area (Å²) in [6.07, 6.45) is 3.14. The molecule has 0 aromatic heterocycles. The molecule has 0 saturated carbocycles. The van der Waals surface area contributed by atoms with Gasteiger partial charge in [-0.15, -0.1) is 0 Å². The van der Waals surface area contributed by atoms with E-state index < -0.39 is 9.84 Å². The summed E-state index contributed by atoms with van der Waals surface area (Å²) in [5, 5.41) is 3.27. The maximum absolute atomic E-state index is 12.3. The second-order valence-corrected chi connectivity index (χ2v) is 8.04. The molecule has 0 radical (unpaired) electrons. The van der Waals surface area contributed by atoms with Crippen molar-refractivity contribution in [2.45, 2.75) is 44.8 Å². The number of piperidine rings is 1. The Morgan fingerprint density at radius 3 is 2.57 bits per heavy atom. The van der Waals surface area contributed by atoms with Gasteiger partial charge in [0, 0.05) is 12.6 Å². The Morgan fingerprint density at radius 2 is 2.00 bits per heavy atom. The van der Waals surface area contributed by atoms with Gasteiger partial charge in [-0.3, -0.25) is 4.79 Å². The van der Waals surface area contributed by atoms with E-state index in [1.54, 1.807) is 4.90 Å². The van der Waals surface area contributed by atoms with Gasteiger partial charge < -0.3 is 15.0 Å². The molecule has 7 heteroatoms. The van der Waals surface area contributed by atoms with Crippen molar-refractivity contribution in [3.63, 3.8) is 0 Å². The number of hydrogen-bond acceptors (Lipinski definition) is 5. The normalized spacial score (nSPS) is 25.9. The summed E-state index contributed by atoms with van der Waals surface area (Å²) >= 11 is 0. The van der Waals surface area contributed by atoms with Gasteiger partial charge in [0.2, 0.25) is 5.91 Å².